The smallest absolute Gasteiger partial charge is 0.207 e. The van der Waals surface area contributed by atoms with Crippen molar-refractivity contribution in [3.63, 3.8) is 0 Å². The number of benzene rings is 2. The zero-order chi connectivity index (χ0) is 17.3. The van der Waals surface area contributed by atoms with Crippen LogP contribution in [0.2, 0.25) is 0 Å². The zero-order valence-electron chi connectivity index (χ0n) is 14.1. The number of nitrogens with zero attached hydrogens (tertiary/aromatic N) is 3. The summed E-state index contributed by atoms with van der Waals surface area (Å²) in [4.78, 5) is 10.6. The Morgan fingerprint density at radius 3 is 2.04 bits per heavy atom. The second kappa shape index (κ2) is 8.78. The van der Waals surface area contributed by atoms with Crippen LogP contribution in [0.5, 0.6) is 0 Å². The minimum atomic E-state index is 0.399. The number of nitrogens with one attached hydrogen (secondary N) is 1. The van der Waals surface area contributed by atoms with Gasteiger partial charge in [0.05, 0.1) is 6.54 Å². The molecule has 3 aromatic rings. The van der Waals surface area contributed by atoms with Gasteiger partial charge in [-0.25, -0.2) is 0 Å². The number of hydrogen-bond acceptors (Lipinski definition) is 3. The Kier molecular flexibility index (Phi) is 5.93. The molecule has 5 nitrogen and oxygen atoms in total. The molecule has 128 valence electrons. The molecule has 0 radical (unpaired) electrons. The molecule has 0 aliphatic carbocycles. The van der Waals surface area contributed by atoms with Gasteiger partial charge in [0.1, 0.15) is 5.82 Å². The molecular weight excluding hydrogens is 312 g/mol. The highest BCUT2D eigenvalue weighted by Crippen LogP contribution is 2.10. The highest BCUT2D eigenvalue weighted by Gasteiger charge is 2.12. The molecule has 0 fully saturated rings. The summed E-state index contributed by atoms with van der Waals surface area (Å²) in [6.45, 7) is 1.20. The van der Waals surface area contributed by atoms with E-state index in [1.54, 1.807) is 0 Å². The molecule has 0 saturated heterocycles. The second-order valence-electron chi connectivity index (χ2n) is 5.90. The number of amides is 1. The van der Waals surface area contributed by atoms with Gasteiger partial charge in [0, 0.05) is 13.0 Å². The third-order valence-corrected chi connectivity index (χ3v) is 4.19. The van der Waals surface area contributed by atoms with Crippen molar-refractivity contribution in [3.8, 4) is 0 Å². The van der Waals surface area contributed by atoms with Crippen LogP contribution in [0.3, 0.4) is 0 Å². The van der Waals surface area contributed by atoms with Gasteiger partial charge in [-0.2, -0.15) is 0 Å². The third kappa shape index (κ3) is 4.76. The topological polar surface area (TPSA) is 59.8 Å². The summed E-state index contributed by atoms with van der Waals surface area (Å²) >= 11 is 0. The van der Waals surface area contributed by atoms with E-state index in [-0.39, 0.29) is 0 Å². The number of carbonyl (C=O) groups is 1. The maximum Gasteiger partial charge on any atom is 0.207 e. The number of aromatic nitrogens is 3. The first-order chi connectivity index (χ1) is 12.4. The molecule has 1 amide bonds. The van der Waals surface area contributed by atoms with E-state index < -0.39 is 0 Å². The number of hydrogen-bond donors (Lipinski definition) is 1. The fourth-order valence-corrected chi connectivity index (χ4v) is 2.87. The standard InChI is InChI=1S/C20H22N4O/c25-16-21-15-20-23-22-19(12-11-17-7-3-1-4-8-17)24(20)14-13-18-9-5-2-6-10-18/h1-10,16H,11-15H2,(H,21,25). The summed E-state index contributed by atoms with van der Waals surface area (Å²) in [7, 11) is 0. The summed E-state index contributed by atoms with van der Waals surface area (Å²) in [6.07, 6.45) is 3.35. The van der Waals surface area contributed by atoms with Crippen molar-refractivity contribution in [2.24, 2.45) is 0 Å². The largest absolute Gasteiger partial charge is 0.351 e. The maximum absolute atomic E-state index is 10.6. The zero-order valence-corrected chi connectivity index (χ0v) is 14.1. The van der Waals surface area contributed by atoms with E-state index in [1.165, 1.54) is 11.1 Å². The first kappa shape index (κ1) is 16.9. The number of carbonyl (C=O) groups excluding carboxylic acids is 1. The van der Waals surface area contributed by atoms with Gasteiger partial charge in [-0.05, 0) is 24.0 Å². The van der Waals surface area contributed by atoms with E-state index in [0.717, 1.165) is 37.5 Å². The van der Waals surface area contributed by atoms with Gasteiger partial charge in [-0.3, -0.25) is 4.79 Å². The van der Waals surface area contributed by atoms with Crippen LogP contribution < -0.4 is 5.32 Å². The lowest BCUT2D eigenvalue weighted by molar-refractivity contribution is -0.109. The minimum Gasteiger partial charge on any atom is -0.351 e. The van der Waals surface area contributed by atoms with E-state index >= 15 is 0 Å². The molecule has 0 saturated carbocycles. The maximum atomic E-state index is 10.6. The molecular formula is C20H22N4O. The number of aryl methyl sites for hydroxylation is 3. The summed E-state index contributed by atoms with van der Waals surface area (Å²) < 4.78 is 2.13. The molecule has 1 aromatic heterocycles. The van der Waals surface area contributed by atoms with Crippen molar-refractivity contribution < 1.29 is 4.79 Å². The average Bonchev–Trinajstić information content (AvgIpc) is 3.06. The molecule has 25 heavy (non-hydrogen) atoms. The molecule has 0 atom stereocenters. The lowest BCUT2D eigenvalue weighted by atomic mass is 10.1. The van der Waals surface area contributed by atoms with Crippen molar-refractivity contribution in [2.75, 3.05) is 0 Å². The molecule has 3 rings (SSSR count). The Morgan fingerprint density at radius 2 is 1.40 bits per heavy atom. The average molecular weight is 334 g/mol. The van der Waals surface area contributed by atoms with Crippen molar-refractivity contribution in [1.29, 1.82) is 0 Å². The van der Waals surface area contributed by atoms with Gasteiger partial charge < -0.3 is 9.88 Å². The van der Waals surface area contributed by atoms with Gasteiger partial charge in [0.25, 0.3) is 0 Å². The highest BCUT2D eigenvalue weighted by atomic mass is 16.1. The third-order valence-electron chi connectivity index (χ3n) is 4.19. The summed E-state index contributed by atoms with van der Waals surface area (Å²) in [5.74, 6) is 1.76. The lowest BCUT2D eigenvalue weighted by Gasteiger charge is -2.10. The van der Waals surface area contributed by atoms with Gasteiger partial charge in [-0.15, -0.1) is 10.2 Å². The SMILES string of the molecule is O=CNCc1nnc(CCc2ccccc2)n1CCc1ccccc1. The van der Waals surface area contributed by atoms with Crippen LogP contribution in [-0.4, -0.2) is 21.2 Å². The Morgan fingerprint density at radius 1 is 0.800 bits per heavy atom. The minimum absolute atomic E-state index is 0.399. The van der Waals surface area contributed by atoms with Crippen LogP contribution in [0.4, 0.5) is 0 Å². The van der Waals surface area contributed by atoms with Gasteiger partial charge in [-0.1, -0.05) is 60.7 Å². The molecule has 0 aliphatic heterocycles. The van der Waals surface area contributed by atoms with Crippen LogP contribution in [0.15, 0.2) is 60.7 Å². The first-order valence-corrected chi connectivity index (χ1v) is 8.52. The van der Waals surface area contributed by atoms with Crippen molar-refractivity contribution in [1.82, 2.24) is 20.1 Å². The second-order valence-corrected chi connectivity index (χ2v) is 5.90. The molecule has 1 heterocycles. The van der Waals surface area contributed by atoms with E-state index in [9.17, 15) is 4.79 Å². The van der Waals surface area contributed by atoms with Crippen LogP contribution in [0, 0.1) is 0 Å². The molecule has 0 bridgehead atoms. The van der Waals surface area contributed by atoms with Crippen LogP contribution in [0.1, 0.15) is 22.8 Å². The van der Waals surface area contributed by atoms with Crippen molar-refractivity contribution in [3.05, 3.63) is 83.4 Å². The fourth-order valence-electron chi connectivity index (χ4n) is 2.87. The monoisotopic (exact) mass is 334 g/mol. The fraction of sp³-hybridized carbons (Fsp3) is 0.250. The van der Waals surface area contributed by atoms with E-state index in [1.807, 2.05) is 24.3 Å². The molecule has 2 aromatic carbocycles. The number of rotatable bonds is 9. The Balaban J connectivity index is 1.72. The summed E-state index contributed by atoms with van der Waals surface area (Å²) in [6, 6.07) is 20.7. The predicted octanol–water partition coefficient (Wildman–Crippen LogP) is 2.55. The van der Waals surface area contributed by atoms with E-state index in [4.69, 9.17) is 0 Å². The van der Waals surface area contributed by atoms with Gasteiger partial charge in [0.2, 0.25) is 6.41 Å². The van der Waals surface area contributed by atoms with Gasteiger partial charge >= 0.3 is 0 Å². The molecule has 0 aliphatic rings. The van der Waals surface area contributed by atoms with Crippen molar-refractivity contribution in [2.45, 2.75) is 32.4 Å². The van der Waals surface area contributed by atoms with Crippen LogP contribution in [0.25, 0.3) is 0 Å². The highest BCUT2D eigenvalue weighted by molar-refractivity contribution is 5.45. The summed E-state index contributed by atoms with van der Waals surface area (Å²) in [5, 5.41) is 11.3. The molecule has 5 heteroatoms. The Bertz CT molecular complexity index is 784. The van der Waals surface area contributed by atoms with E-state index in [2.05, 4.69) is 56.5 Å². The van der Waals surface area contributed by atoms with Gasteiger partial charge in [0.15, 0.2) is 5.82 Å². The molecule has 1 N–H and O–H groups in total. The molecule has 0 unspecified atom stereocenters. The Hall–Kier alpha value is -2.95. The van der Waals surface area contributed by atoms with Crippen LogP contribution >= 0.6 is 0 Å². The normalized spacial score (nSPS) is 10.6. The Labute approximate surface area is 147 Å². The quantitative estimate of drug-likeness (QED) is 0.612. The first-order valence-electron chi connectivity index (χ1n) is 8.52. The van der Waals surface area contributed by atoms with E-state index in [0.29, 0.717) is 13.0 Å². The predicted molar refractivity (Wildman–Crippen MR) is 96.9 cm³/mol. The van der Waals surface area contributed by atoms with Crippen LogP contribution in [-0.2, 0) is 37.1 Å². The molecule has 0 spiro atoms. The van der Waals surface area contributed by atoms with Crippen molar-refractivity contribution >= 4 is 6.41 Å². The lowest BCUT2D eigenvalue weighted by Crippen LogP contribution is -2.17. The summed E-state index contributed by atoms with van der Waals surface area (Å²) in [5.41, 5.74) is 2.56.